The molecule has 1 unspecified atom stereocenters. The predicted molar refractivity (Wildman–Crippen MR) is 102 cm³/mol. The van der Waals surface area contributed by atoms with Gasteiger partial charge in [-0.3, -0.25) is 4.79 Å². The van der Waals surface area contributed by atoms with E-state index in [1.165, 1.54) is 0 Å². The maximum atomic E-state index is 12.9. The maximum Gasteiger partial charge on any atom is 0.258 e. The van der Waals surface area contributed by atoms with E-state index in [0.717, 1.165) is 27.9 Å². The maximum absolute atomic E-state index is 12.9. The molecule has 3 aromatic rings. The third-order valence-electron chi connectivity index (χ3n) is 5.29. The first-order valence-corrected chi connectivity index (χ1v) is 8.93. The highest BCUT2D eigenvalue weighted by atomic mass is 16.3. The van der Waals surface area contributed by atoms with Gasteiger partial charge in [0.15, 0.2) is 0 Å². The lowest BCUT2D eigenvalue weighted by atomic mass is 9.91. The van der Waals surface area contributed by atoms with Crippen molar-refractivity contribution in [1.29, 1.82) is 0 Å². The van der Waals surface area contributed by atoms with Gasteiger partial charge < -0.3 is 14.6 Å². The van der Waals surface area contributed by atoms with Gasteiger partial charge in [-0.25, -0.2) is 0 Å². The fourth-order valence-corrected chi connectivity index (χ4v) is 3.58. The summed E-state index contributed by atoms with van der Waals surface area (Å²) in [6.45, 7) is 4.33. The summed E-state index contributed by atoms with van der Waals surface area (Å²) in [7, 11) is 1.85. The number of amides is 1. The second kappa shape index (κ2) is 6.32. The van der Waals surface area contributed by atoms with Crippen molar-refractivity contribution in [2.24, 2.45) is 7.05 Å². The summed E-state index contributed by atoms with van der Waals surface area (Å²) in [5, 5.41) is 19.0. The Morgan fingerprint density at radius 2 is 2.00 bits per heavy atom. The number of aryl methyl sites for hydroxylation is 2. The molecular weight excluding hydrogens is 340 g/mol. The summed E-state index contributed by atoms with van der Waals surface area (Å²) in [5.41, 5.74) is 3.34. The number of anilines is 1. The molecule has 0 saturated heterocycles. The molecule has 138 valence electrons. The SMILES string of the molecule is Cc1cccc2c1CN(c1cccc(C(C)(O)Cc3nncn3C)c1)C2=O. The van der Waals surface area contributed by atoms with Crippen molar-refractivity contribution in [3.63, 3.8) is 0 Å². The minimum absolute atomic E-state index is 0.00112. The molecule has 1 amide bonds. The Bertz CT molecular complexity index is 1020. The molecule has 1 atom stereocenters. The second-order valence-corrected chi connectivity index (χ2v) is 7.35. The number of aliphatic hydroxyl groups is 1. The van der Waals surface area contributed by atoms with Gasteiger partial charge in [-0.05, 0) is 48.7 Å². The van der Waals surface area contributed by atoms with Crippen LogP contribution in [0.15, 0.2) is 48.8 Å². The summed E-state index contributed by atoms with van der Waals surface area (Å²) in [5.74, 6) is 0.699. The Labute approximate surface area is 158 Å². The molecule has 6 heteroatoms. The fraction of sp³-hybridized carbons (Fsp3) is 0.286. The average Bonchev–Trinajstić information content (AvgIpc) is 3.19. The number of nitrogens with zero attached hydrogens (tertiary/aromatic N) is 4. The van der Waals surface area contributed by atoms with Crippen LogP contribution in [-0.2, 0) is 25.6 Å². The number of aromatic nitrogens is 3. The fourth-order valence-electron chi connectivity index (χ4n) is 3.58. The van der Waals surface area contributed by atoms with Crippen molar-refractivity contribution in [3.05, 3.63) is 76.9 Å². The van der Waals surface area contributed by atoms with Gasteiger partial charge in [0.1, 0.15) is 12.2 Å². The van der Waals surface area contributed by atoms with Crippen molar-refractivity contribution in [1.82, 2.24) is 14.8 Å². The van der Waals surface area contributed by atoms with E-state index in [9.17, 15) is 9.90 Å². The van der Waals surface area contributed by atoms with Gasteiger partial charge in [0.2, 0.25) is 0 Å². The number of benzene rings is 2. The number of carbonyl (C=O) groups excluding carboxylic acids is 1. The van der Waals surface area contributed by atoms with E-state index in [4.69, 9.17) is 0 Å². The van der Waals surface area contributed by atoms with Crippen molar-refractivity contribution < 1.29 is 9.90 Å². The van der Waals surface area contributed by atoms with Crippen LogP contribution in [0.1, 0.15) is 39.8 Å². The molecule has 0 spiro atoms. The molecule has 2 heterocycles. The van der Waals surface area contributed by atoms with Gasteiger partial charge in [-0.2, -0.15) is 0 Å². The molecule has 4 rings (SSSR count). The normalized spacial score (nSPS) is 15.7. The monoisotopic (exact) mass is 362 g/mol. The van der Waals surface area contributed by atoms with E-state index in [1.54, 1.807) is 22.7 Å². The van der Waals surface area contributed by atoms with Crippen molar-refractivity contribution in [2.45, 2.75) is 32.4 Å². The van der Waals surface area contributed by atoms with E-state index in [-0.39, 0.29) is 5.91 Å². The van der Waals surface area contributed by atoms with Crippen molar-refractivity contribution in [2.75, 3.05) is 4.90 Å². The number of hydrogen-bond acceptors (Lipinski definition) is 4. The number of fused-ring (bicyclic) bond motifs is 1. The summed E-state index contributed by atoms with van der Waals surface area (Å²) < 4.78 is 1.79. The summed E-state index contributed by atoms with van der Waals surface area (Å²) in [6, 6.07) is 13.3. The Kier molecular flexibility index (Phi) is 4.08. The zero-order chi connectivity index (χ0) is 19.2. The molecule has 1 aliphatic heterocycles. The molecule has 0 fully saturated rings. The smallest absolute Gasteiger partial charge is 0.258 e. The predicted octanol–water partition coefficient (Wildman–Crippen LogP) is 2.73. The highest BCUT2D eigenvalue weighted by Gasteiger charge is 2.31. The molecule has 2 aromatic carbocycles. The van der Waals surface area contributed by atoms with Gasteiger partial charge in [-0.1, -0.05) is 24.3 Å². The summed E-state index contributed by atoms with van der Waals surface area (Å²) in [6.07, 6.45) is 1.95. The lowest BCUT2D eigenvalue weighted by molar-refractivity contribution is 0.0546. The largest absolute Gasteiger partial charge is 0.385 e. The van der Waals surface area contributed by atoms with Crippen molar-refractivity contribution in [3.8, 4) is 0 Å². The summed E-state index contributed by atoms with van der Waals surface area (Å²) in [4.78, 5) is 14.6. The molecule has 1 aromatic heterocycles. The molecule has 1 N–H and O–H groups in total. The number of carbonyl (C=O) groups is 1. The van der Waals surface area contributed by atoms with E-state index in [2.05, 4.69) is 10.2 Å². The van der Waals surface area contributed by atoms with E-state index >= 15 is 0 Å². The quantitative estimate of drug-likeness (QED) is 0.775. The lowest BCUT2D eigenvalue weighted by Crippen LogP contribution is -2.27. The number of rotatable bonds is 4. The zero-order valence-electron chi connectivity index (χ0n) is 15.7. The lowest BCUT2D eigenvalue weighted by Gasteiger charge is -2.25. The first-order valence-electron chi connectivity index (χ1n) is 8.93. The average molecular weight is 362 g/mol. The zero-order valence-corrected chi connectivity index (χ0v) is 15.7. The molecule has 27 heavy (non-hydrogen) atoms. The Hall–Kier alpha value is -2.99. The topological polar surface area (TPSA) is 71.2 Å². The van der Waals surface area contributed by atoms with Crippen LogP contribution in [0.2, 0.25) is 0 Å². The third kappa shape index (κ3) is 3.02. The first kappa shape index (κ1) is 17.4. The standard InChI is InChI=1S/C21H22N4O2/c1-14-6-4-9-17-18(14)12-25(20(17)26)16-8-5-7-15(10-16)21(2,27)11-19-23-22-13-24(19)3/h4-10,13,27H,11-12H2,1-3H3. The molecule has 1 aliphatic rings. The van der Waals surface area contributed by atoms with Gasteiger partial charge in [0.05, 0.1) is 12.1 Å². The summed E-state index contributed by atoms with van der Waals surface area (Å²) >= 11 is 0. The van der Waals surface area contributed by atoms with E-state index < -0.39 is 5.60 Å². The van der Waals surface area contributed by atoms with Crippen LogP contribution in [0.4, 0.5) is 5.69 Å². The van der Waals surface area contributed by atoms with E-state index in [1.807, 2.05) is 56.4 Å². The van der Waals surface area contributed by atoms with Gasteiger partial charge in [-0.15, -0.1) is 10.2 Å². The second-order valence-electron chi connectivity index (χ2n) is 7.35. The van der Waals surface area contributed by atoms with Crippen LogP contribution in [0, 0.1) is 6.92 Å². The Morgan fingerprint density at radius 3 is 2.70 bits per heavy atom. The highest BCUT2D eigenvalue weighted by Crippen LogP contribution is 2.33. The molecule has 0 aliphatic carbocycles. The van der Waals surface area contributed by atoms with Crippen LogP contribution < -0.4 is 4.90 Å². The van der Waals surface area contributed by atoms with Gasteiger partial charge >= 0.3 is 0 Å². The van der Waals surface area contributed by atoms with Gasteiger partial charge in [0.25, 0.3) is 5.91 Å². The molecule has 0 bridgehead atoms. The highest BCUT2D eigenvalue weighted by molar-refractivity contribution is 6.10. The molecule has 6 nitrogen and oxygen atoms in total. The van der Waals surface area contributed by atoms with Crippen molar-refractivity contribution >= 4 is 11.6 Å². The minimum Gasteiger partial charge on any atom is -0.385 e. The van der Waals surface area contributed by atoms with Crippen LogP contribution in [0.5, 0.6) is 0 Å². The first-order chi connectivity index (χ1) is 12.9. The third-order valence-corrected chi connectivity index (χ3v) is 5.29. The number of hydrogen-bond donors (Lipinski definition) is 1. The van der Waals surface area contributed by atoms with Crippen LogP contribution in [-0.4, -0.2) is 25.8 Å². The minimum atomic E-state index is -1.12. The Morgan fingerprint density at radius 1 is 1.22 bits per heavy atom. The van der Waals surface area contributed by atoms with Crippen LogP contribution >= 0.6 is 0 Å². The van der Waals surface area contributed by atoms with Crippen LogP contribution in [0.25, 0.3) is 0 Å². The van der Waals surface area contributed by atoms with E-state index in [0.29, 0.717) is 18.8 Å². The van der Waals surface area contributed by atoms with Gasteiger partial charge in [0, 0.05) is 24.7 Å². The van der Waals surface area contributed by atoms with Crippen LogP contribution in [0.3, 0.4) is 0 Å². The Balaban J connectivity index is 1.65. The molecular formula is C21H22N4O2. The molecule has 0 radical (unpaired) electrons. The molecule has 0 saturated carbocycles.